The third-order valence-corrected chi connectivity index (χ3v) is 5.90. The summed E-state index contributed by atoms with van der Waals surface area (Å²) in [5.74, 6) is -0.118. The number of thiophene rings is 1. The second-order valence-corrected chi connectivity index (χ2v) is 7.01. The van der Waals surface area contributed by atoms with Crippen LogP contribution in [0.5, 0.6) is 11.5 Å². The number of carbonyl (C=O) groups is 2. The van der Waals surface area contributed by atoms with Crippen LogP contribution in [0.2, 0.25) is 0 Å². The van der Waals surface area contributed by atoms with Crippen molar-refractivity contribution in [3.63, 3.8) is 0 Å². The number of ether oxygens (including phenoxy) is 2. The monoisotopic (exact) mass is 385 g/mol. The summed E-state index contributed by atoms with van der Waals surface area (Å²) in [5, 5.41) is 0. The predicted octanol–water partition coefficient (Wildman–Crippen LogP) is 2.16. The minimum Gasteiger partial charge on any atom is -0.497 e. The van der Waals surface area contributed by atoms with E-state index >= 15 is 0 Å². The van der Waals surface area contributed by atoms with E-state index in [-0.39, 0.29) is 5.56 Å². The van der Waals surface area contributed by atoms with E-state index in [0.717, 1.165) is 10.4 Å². The van der Waals surface area contributed by atoms with Crippen LogP contribution in [0.3, 0.4) is 0 Å². The molecule has 3 rings (SSSR count). The quantitative estimate of drug-likeness (QED) is 0.792. The van der Waals surface area contributed by atoms with Gasteiger partial charge >= 0.3 is 0 Å². The molecule has 1 aromatic heterocycles. The Morgan fingerprint density at radius 1 is 1.11 bits per heavy atom. The lowest BCUT2D eigenvalue weighted by Crippen LogP contribution is -2.37. The number of primary amides is 2. The molecule has 8 heteroatoms. The van der Waals surface area contributed by atoms with Gasteiger partial charge in [-0.25, -0.2) is 0 Å². The fourth-order valence-corrected chi connectivity index (χ4v) is 4.50. The van der Waals surface area contributed by atoms with Gasteiger partial charge in [0.2, 0.25) is 5.91 Å². The normalized spacial score (nSPS) is 17.9. The molecule has 4 N–H and O–H groups in total. The number of rotatable bonds is 6. The van der Waals surface area contributed by atoms with Gasteiger partial charge in [-0.3, -0.25) is 14.6 Å². The zero-order valence-corrected chi connectivity index (χ0v) is 15.9. The number of carbonyl (C=O) groups excluding carboxylic acids is 2. The lowest BCUT2D eigenvalue weighted by molar-refractivity contribution is -0.121. The Bertz CT molecular complexity index is 957. The van der Waals surface area contributed by atoms with E-state index in [0.29, 0.717) is 21.9 Å². The SMILES string of the molecule is COc1cc(OC)cc(-c2sc(C3(C(N)=O)C=CC=N3)c(C(N)=O)c2C)c1. The molecular formula is C19H19N3O4S. The van der Waals surface area contributed by atoms with Crippen LogP contribution in [0, 0.1) is 6.92 Å². The third-order valence-electron chi connectivity index (χ3n) is 4.43. The minimum atomic E-state index is -1.43. The molecule has 0 fully saturated rings. The molecule has 0 saturated heterocycles. The molecule has 2 heterocycles. The van der Waals surface area contributed by atoms with Crippen LogP contribution < -0.4 is 20.9 Å². The highest BCUT2D eigenvalue weighted by Crippen LogP contribution is 2.45. The fourth-order valence-electron chi connectivity index (χ4n) is 3.07. The van der Waals surface area contributed by atoms with Crippen molar-refractivity contribution in [2.45, 2.75) is 12.5 Å². The molecule has 2 aromatic rings. The van der Waals surface area contributed by atoms with Gasteiger partial charge in [-0.1, -0.05) is 0 Å². The largest absolute Gasteiger partial charge is 0.497 e. The van der Waals surface area contributed by atoms with Crippen molar-refractivity contribution in [2.24, 2.45) is 16.5 Å². The van der Waals surface area contributed by atoms with Gasteiger partial charge in [-0.15, -0.1) is 11.3 Å². The Hall–Kier alpha value is -3.13. The highest BCUT2D eigenvalue weighted by Gasteiger charge is 2.42. The molecule has 1 atom stereocenters. The molecule has 0 spiro atoms. The summed E-state index contributed by atoms with van der Waals surface area (Å²) < 4.78 is 10.7. The first kappa shape index (κ1) is 18.7. The summed E-state index contributed by atoms with van der Waals surface area (Å²) in [5.41, 5.74) is 11.5. The first-order valence-corrected chi connectivity index (χ1v) is 8.85. The maximum Gasteiger partial charge on any atom is 0.254 e. The Morgan fingerprint density at radius 3 is 2.19 bits per heavy atom. The molecule has 1 aromatic carbocycles. The molecule has 0 bridgehead atoms. The Labute approximate surface area is 160 Å². The number of hydrogen-bond donors (Lipinski definition) is 2. The average molecular weight is 385 g/mol. The van der Waals surface area contributed by atoms with E-state index in [2.05, 4.69) is 4.99 Å². The van der Waals surface area contributed by atoms with Crippen molar-refractivity contribution in [1.29, 1.82) is 0 Å². The van der Waals surface area contributed by atoms with Gasteiger partial charge < -0.3 is 20.9 Å². The van der Waals surface area contributed by atoms with Crippen molar-refractivity contribution in [1.82, 2.24) is 0 Å². The van der Waals surface area contributed by atoms with Gasteiger partial charge in [-0.2, -0.15) is 0 Å². The van der Waals surface area contributed by atoms with E-state index in [1.165, 1.54) is 17.6 Å². The lowest BCUT2D eigenvalue weighted by atomic mass is 9.92. The zero-order valence-electron chi connectivity index (χ0n) is 15.1. The van der Waals surface area contributed by atoms with Crippen LogP contribution in [-0.4, -0.2) is 32.2 Å². The van der Waals surface area contributed by atoms with E-state index in [1.54, 1.807) is 39.4 Å². The van der Waals surface area contributed by atoms with Gasteiger partial charge in [0.05, 0.1) is 24.7 Å². The zero-order chi connectivity index (χ0) is 19.8. The summed E-state index contributed by atoms with van der Waals surface area (Å²) in [6.45, 7) is 1.78. The first-order chi connectivity index (χ1) is 12.8. The molecule has 1 unspecified atom stereocenters. The fraction of sp³-hybridized carbons (Fsp3) is 0.211. The van der Waals surface area contributed by atoms with Gasteiger partial charge in [0.15, 0.2) is 5.54 Å². The van der Waals surface area contributed by atoms with Crippen LogP contribution in [0.25, 0.3) is 10.4 Å². The summed E-state index contributed by atoms with van der Waals surface area (Å²) in [7, 11) is 3.11. The molecule has 1 aliphatic rings. The summed E-state index contributed by atoms with van der Waals surface area (Å²) in [6, 6.07) is 5.39. The molecular weight excluding hydrogens is 366 g/mol. The number of allylic oxidation sites excluding steroid dienone is 1. The first-order valence-electron chi connectivity index (χ1n) is 8.04. The van der Waals surface area contributed by atoms with Crippen LogP contribution in [-0.2, 0) is 10.3 Å². The maximum atomic E-state index is 12.2. The average Bonchev–Trinajstić information content (AvgIpc) is 3.26. The lowest BCUT2D eigenvalue weighted by Gasteiger charge is -2.20. The van der Waals surface area contributed by atoms with Crippen molar-refractivity contribution in [2.75, 3.05) is 14.2 Å². The van der Waals surface area contributed by atoms with Gasteiger partial charge in [0, 0.05) is 17.2 Å². The summed E-state index contributed by atoms with van der Waals surface area (Å²) in [6.07, 6.45) is 4.68. The van der Waals surface area contributed by atoms with Gasteiger partial charge in [0.25, 0.3) is 5.91 Å². The molecule has 1 aliphatic heterocycles. The predicted molar refractivity (Wildman–Crippen MR) is 105 cm³/mol. The van der Waals surface area contributed by atoms with E-state index in [4.69, 9.17) is 20.9 Å². The number of nitrogens with zero attached hydrogens (tertiary/aromatic N) is 1. The number of hydrogen-bond acceptors (Lipinski definition) is 6. The minimum absolute atomic E-state index is 0.249. The Balaban J connectivity index is 2.29. The molecule has 140 valence electrons. The number of benzene rings is 1. The molecule has 0 aliphatic carbocycles. The van der Waals surface area contributed by atoms with Crippen LogP contribution in [0.1, 0.15) is 20.8 Å². The molecule has 0 radical (unpaired) electrons. The van der Waals surface area contributed by atoms with Crippen molar-refractivity contribution in [3.8, 4) is 21.9 Å². The molecule has 2 amide bonds. The van der Waals surface area contributed by atoms with Crippen LogP contribution in [0.15, 0.2) is 35.3 Å². The third kappa shape index (κ3) is 2.97. The Morgan fingerprint density at radius 2 is 1.74 bits per heavy atom. The standard InChI is InChI=1S/C19H19N3O4S/c1-10-14(17(20)23)16(19(18(21)24)5-4-6-22-19)27-15(10)11-7-12(25-2)9-13(8-11)26-3/h4-9H,1-3H3,(H2,20,23)(H2,21,24). The van der Waals surface area contributed by atoms with Crippen molar-refractivity contribution >= 4 is 29.4 Å². The topological polar surface area (TPSA) is 117 Å². The number of amides is 2. The summed E-state index contributed by atoms with van der Waals surface area (Å²) >= 11 is 1.25. The highest BCUT2D eigenvalue weighted by atomic mass is 32.1. The van der Waals surface area contributed by atoms with E-state index in [1.807, 2.05) is 12.1 Å². The van der Waals surface area contributed by atoms with E-state index < -0.39 is 17.4 Å². The second-order valence-electron chi connectivity index (χ2n) is 5.99. The number of nitrogens with two attached hydrogens (primary N) is 2. The van der Waals surface area contributed by atoms with E-state index in [9.17, 15) is 9.59 Å². The highest BCUT2D eigenvalue weighted by molar-refractivity contribution is 7.16. The second kappa shape index (κ2) is 6.88. The molecule has 7 nitrogen and oxygen atoms in total. The van der Waals surface area contributed by atoms with Crippen molar-refractivity contribution < 1.29 is 19.1 Å². The smallest absolute Gasteiger partial charge is 0.254 e. The van der Waals surface area contributed by atoms with Crippen LogP contribution in [0.4, 0.5) is 0 Å². The summed E-state index contributed by atoms with van der Waals surface area (Å²) in [4.78, 5) is 29.8. The number of methoxy groups -OCH3 is 2. The Kier molecular flexibility index (Phi) is 4.75. The maximum absolute atomic E-state index is 12.2. The molecule has 27 heavy (non-hydrogen) atoms. The van der Waals surface area contributed by atoms with Crippen LogP contribution >= 0.6 is 11.3 Å². The number of aliphatic imine (C=N–C) groups is 1. The molecule has 0 saturated carbocycles. The van der Waals surface area contributed by atoms with Gasteiger partial charge in [-0.05, 0) is 42.3 Å². The van der Waals surface area contributed by atoms with Crippen molar-refractivity contribution in [3.05, 3.63) is 46.4 Å². The van der Waals surface area contributed by atoms with Gasteiger partial charge in [0.1, 0.15) is 11.5 Å².